The van der Waals surface area contributed by atoms with Crippen molar-refractivity contribution < 1.29 is 9.13 Å². The smallest absolute Gasteiger partial charge is 0.165 e. The highest BCUT2D eigenvalue weighted by atomic mass is 19.1. The molecule has 0 aliphatic heterocycles. The highest BCUT2D eigenvalue weighted by Gasteiger charge is 2.37. The van der Waals surface area contributed by atoms with Crippen molar-refractivity contribution in [2.75, 3.05) is 20.2 Å². The van der Waals surface area contributed by atoms with E-state index >= 15 is 0 Å². The van der Waals surface area contributed by atoms with Crippen LogP contribution in [0, 0.1) is 11.7 Å². The zero-order valence-corrected chi connectivity index (χ0v) is 10.5. The quantitative estimate of drug-likeness (QED) is 0.768. The minimum absolute atomic E-state index is 0.253. The second-order valence-corrected chi connectivity index (χ2v) is 4.70. The fraction of sp³-hybridized carbons (Fsp3) is 0.571. The first kappa shape index (κ1) is 12.4. The van der Waals surface area contributed by atoms with Crippen LogP contribution in [0.25, 0.3) is 0 Å². The molecule has 17 heavy (non-hydrogen) atoms. The number of nitrogens with one attached hydrogen (secondary N) is 1. The number of ether oxygens (including phenoxy) is 1. The lowest BCUT2D eigenvalue weighted by Gasteiger charge is -2.05. The maximum absolute atomic E-state index is 13.5. The summed E-state index contributed by atoms with van der Waals surface area (Å²) in [6.45, 7) is 4.28. The van der Waals surface area contributed by atoms with Crippen molar-refractivity contribution in [2.45, 2.75) is 25.7 Å². The molecular weight excluding hydrogens is 217 g/mol. The fourth-order valence-electron chi connectivity index (χ4n) is 2.26. The Balaban J connectivity index is 1.90. The third-order valence-electron chi connectivity index (χ3n) is 3.36. The van der Waals surface area contributed by atoms with Gasteiger partial charge in [0.05, 0.1) is 7.11 Å². The third-order valence-corrected chi connectivity index (χ3v) is 3.36. The summed E-state index contributed by atoms with van der Waals surface area (Å²) in [5.41, 5.74) is 1.10. The monoisotopic (exact) mass is 237 g/mol. The lowest BCUT2D eigenvalue weighted by Crippen LogP contribution is -2.17. The molecule has 0 spiro atoms. The molecule has 1 aromatic rings. The third kappa shape index (κ3) is 2.97. The summed E-state index contributed by atoms with van der Waals surface area (Å²) in [6.07, 6.45) is 2.33. The average Bonchev–Trinajstić information content (AvgIpc) is 3.09. The van der Waals surface area contributed by atoms with E-state index in [1.807, 2.05) is 6.07 Å². The van der Waals surface area contributed by atoms with Crippen LogP contribution in [-0.2, 0) is 0 Å². The van der Waals surface area contributed by atoms with Crippen molar-refractivity contribution >= 4 is 0 Å². The molecule has 0 bridgehead atoms. The minimum Gasteiger partial charge on any atom is -0.494 e. The number of hydrogen-bond donors (Lipinski definition) is 1. The molecule has 2 rings (SSSR count). The summed E-state index contributed by atoms with van der Waals surface area (Å²) in [5.74, 6) is 1.28. The molecule has 1 N–H and O–H groups in total. The van der Waals surface area contributed by atoms with E-state index in [2.05, 4.69) is 12.2 Å². The van der Waals surface area contributed by atoms with Gasteiger partial charge in [0.2, 0.25) is 0 Å². The molecule has 0 saturated heterocycles. The number of methoxy groups -OCH3 is 1. The zero-order chi connectivity index (χ0) is 12.3. The number of halogens is 1. The number of benzene rings is 1. The van der Waals surface area contributed by atoms with Crippen molar-refractivity contribution in [1.82, 2.24) is 5.32 Å². The van der Waals surface area contributed by atoms with E-state index in [-0.39, 0.29) is 5.82 Å². The summed E-state index contributed by atoms with van der Waals surface area (Å²) >= 11 is 0. The molecule has 2 unspecified atom stereocenters. The second-order valence-electron chi connectivity index (χ2n) is 4.70. The van der Waals surface area contributed by atoms with Gasteiger partial charge < -0.3 is 10.1 Å². The molecule has 2 atom stereocenters. The maximum atomic E-state index is 13.5. The summed E-state index contributed by atoms with van der Waals surface area (Å²) in [4.78, 5) is 0. The Labute approximate surface area is 102 Å². The van der Waals surface area contributed by atoms with E-state index in [1.54, 1.807) is 12.1 Å². The molecule has 1 saturated carbocycles. The molecular formula is C14H20FNO. The maximum Gasteiger partial charge on any atom is 0.165 e. The van der Waals surface area contributed by atoms with Gasteiger partial charge in [-0.25, -0.2) is 4.39 Å². The van der Waals surface area contributed by atoms with Crippen molar-refractivity contribution in [2.24, 2.45) is 5.92 Å². The summed E-state index contributed by atoms with van der Waals surface area (Å²) in [5, 5.41) is 3.42. The number of hydrogen-bond acceptors (Lipinski definition) is 2. The van der Waals surface area contributed by atoms with Crippen LogP contribution in [0.4, 0.5) is 4.39 Å². The highest BCUT2D eigenvalue weighted by molar-refractivity contribution is 5.34. The molecule has 1 aliphatic carbocycles. The highest BCUT2D eigenvalue weighted by Crippen LogP contribution is 2.47. The molecule has 0 heterocycles. The Kier molecular flexibility index (Phi) is 4.00. The van der Waals surface area contributed by atoms with Crippen LogP contribution in [0.5, 0.6) is 5.75 Å². The molecule has 3 heteroatoms. The van der Waals surface area contributed by atoms with Crippen molar-refractivity contribution in [3.63, 3.8) is 0 Å². The molecule has 0 amide bonds. The van der Waals surface area contributed by atoms with Gasteiger partial charge in [-0.2, -0.15) is 0 Å². The van der Waals surface area contributed by atoms with Gasteiger partial charge in [-0.05, 0) is 55.5 Å². The normalized spacial score (nSPS) is 22.5. The van der Waals surface area contributed by atoms with Gasteiger partial charge in [0.25, 0.3) is 0 Å². The van der Waals surface area contributed by atoms with Crippen LogP contribution >= 0.6 is 0 Å². The van der Waals surface area contributed by atoms with Crippen LogP contribution in [0.3, 0.4) is 0 Å². The van der Waals surface area contributed by atoms with Gasteiger partial charge in [-0.3, -0.25) is 0 Å². The van der Waals surface area contributed by atoms with Crippen LogP contribution in [-0.4, -0.2) is 20.2 Å². The van der Waals surface area contributed by atoms with Crippen LogP contribution < -0.4 is 10.1 Å². The van der Waals surface area contributed by atoms with E-state index in [1.165, 1.54) is 13.5 Å². The van der Waals surface area contributed by atoms with Crippen molar-refractivity contribution in [3.8, 4) is 5.75 Å². The molecule has 0 radical (unpaired) electrons. The first-order valence-corrected chi connectivity index (χ1v) is 6.30. The largest absolute Gasteiger partial charge is 0.494 e. The number of rotatable bonds is 6. The minimum atomic E-state index is -0.253. The van der Waals surface area contributed by atoms with E-state index in [0.29, 0.717) is 17.6 Å². The van der Waals surface area contributed by atoms with E-state index in [0.717, 1.165) is 25.1 Å². The Morgan fingerprint density at radius 2 is 2.29 bits per heavy atom. The van der Waals surface area contributed by atoms with Crippen LogP contribution in [0.15, 0.2) is 18.2 Å². The van der Waals surface area contributed by atoms with Crippen molar-refractivity contribution in [3.05, 3.63) is 29.6 Å². The Morgan fingerprint density at radius 1 is 1.47 bits per heavy atom. The van der Waals surface area contributed by atoms with Gasteiger partial charge in [0, 0.05) is 0 Å². The van der Waals surface area contributed by atoms with Gasteiger partial charge in [-0.15, -0.1) is 0 Å². The van der Waals surface area contributed by atoms with Crippen LogP contribution in [0.1, 0.15) is 31.2 Å². The first-order chi connectivity index (χ1) is 8.26. The van der Waals surface area contributed by atoms with Gasteiger partial charge >= 0.3 is 0 Å². The first-order valence-electron chi connectivity index (χ1n) is 6.30. The van der Waals surface area contributed by atoms with E-state index in [4.69, 9.17) is 4.74 Å². The van der Waals surface area contributed by atoms with Crippen molar-refractivity contribution in [1.29, 1.82) is 0 Å². The Morgan fingerprint density at radius 3 is 2.94 bits per heavy atom. The molecule has 1 aliphatic rings. The molecule has 2 nitrogen and oxygen atoms in total. The molecule has 1 aromatic carbocycles. The van der Waals surface area contributed by atoms with E-state index < -0.39 is 0 Å². The lowest BCUT2D eigenvalue weighted by atomic mass is 10.1. The predicted octanol–water partition coefficient (Wildman–Crippen LogP) is 2.94. The lowest BCUT2D eigenvalue weighted by molar-refractivity contribution is 0.386. The van der Waals surface area contributed by atoms with E-state index in [9.17, 15) is 4.39 Å². The summed E-state index contributed by atoms with van der Waals surface area (Å²) < 4.78 is 18.5. The van der Waals surface area contributed by atoms with Crippen LogP contribution in [0.2, 0.25) is 0 Å². The Bertz CT molecular complexity index is 380. The van der Waals surface area contributed by atoms with Gasteiger partial charge in [0.15, 0.2) is 11.6 Å². The van der Waals surface area contributed by atoms with Gasteiger partial charge in [0.1, 0.15) is 0 Å². The predicted molar refractivity (Wildman–Crippen MR) is 67.0 cm³/mol. The fourth-order valence-corrected chi connectivity index (χ4v) is 2.26. The second kappa shape index (κ2) is 5.50. The Hall–Kier alpha value is -1.09. The zero-order valence-electron chi connectivity index (χ0n) is 10.5. The molecule has 0 aromatic heterocycles. The summed E-state index contributed by atoms with van der Waals surface area (Å²) in [7, 11) is 1.49. The molecule has 1 fully saturated rings. The standard InChI is InChI=1S/C14H20FNO/c1-3-6-16-9-11-7-12(11)10-4-5-14(17-2)13(15)8-10/h4-5,8,11-12,16H,3,6-7,9H2,1-2H3. The molecule has 94 valence electrons. The summed E-state index contributed by atoms with van der Waals surface area (Å²) in [6, 6.07) is 5.31. The topological polar surface area (TPSA) is 21.3 Å². The average molecular weight is 237 g/mol. The SMILES string of the molecule is CCCNCC1CC1c1ccc(OC)c(F)c1. The van der Waals surface area contributed by atoms with Gasteiger partial charge in [-0.1, -0.05) is 13.0 Å².